The Morgan fingerprint density at radius 3 is 2.63 bits per heavy atom. The molecule has 1 aromatic rings. The SMILES string of the molecule is C[C@H](NC(=O)c1cccc(F)c1)C(=O)N1CCCC1. The normalized spacial score (nSPS) is 16.2. The summed E-state index contributed by atoms with van der Waals surface area (Å²) in [7, 11) is 0. The van der Waals surface area contributed by atoms with Crippen molar-refractivity contribution in [3.05, 3.63) is 35.6 Å². The predicted octanol–water partition coefficient (Wildman–Crippen LogP) is 1.57. The number of benzene rings is 1. The van der Waals surface area contributed by atoms with Gasteiger partial charge in [0.1, 0.15) is 11.9 Å². The lowest BCUT2D eigenvalue weighted by Gasteiger charge is -2.21. The van der Waals surface area contributed by atoms with Crippen molar-refractivity contribution >= 4 is 11.8 Å². The molecule has 0 unspecified atom stereocenters. The summed E-state index contributed by atoms with van der Waals surface area (Å²) in [5.41, 5.74) is 0.223. The van der Waals surface area contributed by atoms with Crippen LogP contribution in [0.4, 0.5) is 4.39 Å². The Bertz CT molecular complexity index is 484. The van der Waals surface area contributed by atoms with E-state index in [-0.39, 0.29) is 11.5 Å². The van der Waals surface area contributed by atoms with E-state index >= 15 is 0 Å². The van der Waals surface area contributed by atoms with Gasteiger partial charge in [0.25, 0.3) is 5.91 Å². The summed E-state index contributed by atoms with van der Waals surface area (Å²) in [6.45, 7) is 3.15. The van der Waals surface area contributed by atoms with E-state index in [4.69, 9.17) is 0 Å². The van der Waals surface area contributed by atoms with Crippen LogP contribution in [0.1, 0.15) is 30.1 Å². The van der Waals surface area contributed by atoms with Crippen molar-refractivity contribution in [1.82, 2.24) is 10.2 Å². The first-order valence-corrected chi connectivity index (χ1v) is 6.43. The van der Waals surface area contributed by atoms with Crippen molar-refractivity contribution in [3.63, 3.8) is 0 Å². The van der Waals surface area contributed by atoms with Gasteiger partial charge in [0.2, 0.25) is 5.91 Å². The monoisotopic (exact) mass is 264 g/mol. The van der Waals surface area contributed by atoms with Crippen LogP contribution in [-0.2, 0) is 4.79 Å². The second-order valence-electron chi connectivity index (χ2n) is 4.74. The second kappa shape index (κ2) is 5.82. The first kappa shape index (κ1) is 13.5. The quantitative estimate of drug-likeness (QED) is 0.900. The number of nitrogens with one attached hydrogen (secondary N) is 1. The number of rotatable bonds is 3. The molecule has 0 aliphatic carbocycles. The molecule has 0 spiro atoms. The molecule has 102 valence electrons. The Morgan fingerprint density at radius 1 is 1.32 bits per heavy atom. The van der Waals surface area contributed by atoms with E-state index in [1.165, 1.54) is 18.2 Å². The number of carbonyl (C=O) groups is 2. The van der Waals surface area contributed by atoms with E-state index in [1.807, 2.05) is 0 Å². The molecule has 1 aromatic carbocycles. The summed E-state index contributed by atoms with van der Waals surface area (Å²) in [5, 5.41) is 2.60. The first-order valence-electron chi connectivity index (χ1n) is 6.43. The zero-order chi connectivity index (χ0) is 13.8. The minimum atomic E-state index is -0.589. The average molecular weight is 264 g/mol. The van der Waals surface area contributed by atoms with Gasteiger partial charge in [-0.05, 0) is 38.0 Å². The molecule has 1 atom stereocenters. The fourth-order valence-corrected chi connectivity index (χ4v) is 2.18. The number of likely N-dealkylation sites (tertiary alicyclic amines) is 1. The lowest BCUT2D eigenvalue weighted by Crippen LogP contribution is -2.45. The molecule has 19 heavy (non-hydrogen) atoms. The van der Waals surface area contributed by atoms with Gasteiger partial charge in [0.15, 0.2) is 0 Å². The minimum Gasteiger partial charge on any atom is -0.341 e. The van der Waals surface area contributed by atoms with Gasteiger partial charge in [0, 0.05) is 18.7 Å². The fourth-order valence-electron chi connectivity index (χ4n) is 2.18. The van der Waals surface area contributed by atoms with Crippen molar-refractivity contribution < 1.29 is 14.0 Å². The average Bonchev–Trinajstić information content (AvgIpc) is 2.91. The molecule has 4 nitrogen and oxygen atoms in total. The number of halogens is 1. The Labute approximate surface area is 111 Å². The molecular formula is C14H17FN2O2. The predicted molar refractivity (Wildman–Crippen MR) is 69.1 cm³/mol. The number of hydrogen-bond donors (Lipinski definition) is 1. The van der Waals surface area contributed by atoms with Crippen LogP contribution < -0.4 is 5.32 Å². The third-order valence-corrected chi connectivity index (χ3v) is 3.22. The third-order valence-electron chi connectivity index (χ3n) is 3.22. The zero-order valence-corrected chi connectivity index (χ0v) is 10.9. The topological polar surface area (TPSA) is 49.4 Å². The molecule has 5 heteroatoms. The maximum Gasteiger partial charge on any atom is 0.252 e. The van der Waals surface area contributed by atoms with E-state index in [9.17, 15) is 14.0 Å². The maximum absolute atomic E-state index is 13.0. The zero-order valence-electron chi connectivity index (χ0n) is 10.9. The van der Waals surface area contributed by atoms with Crippen LogP contribution in [0.25, 0.3) is 0 Å². The van der Waals surface area contributed by atoms with Crippen LogP contribution in [0.5, 0.6) is 0 Å². The molecule has 0 bridgehead atoms. The highest BCUT2D eigenvalue weighted by Gasteiger charge is 2.24. The Kier molecular flexibility index (Phi) is 4.14. The molecule has 2 rings (SSSR count). The number of nitrogens with zero attached hydrogens (tertiary/aromatic N) is 1. The van der Waals surface area contributed by atoms with Crippen molar-refractivity contribution in [2.75, 3.05) is 13.1 Å². The molecule has 1 saturated heterocycles. The van der Waals surface area contributed by atoms with Crippen LogP contribution in [0.2, 0.25) is 0 Å². The first-order chi connectivity index (χ1) is 9.08. The summed E-state index contributed by atoms with van der Waals surface area (Å²) in [4.78, 5) is 25.6. The van der Waals surface area contributed by atoms with Gasteiger partial charge in [0.05, 0.1) is 0 Å². The minimum absolute atomic E-state index is 0.0812. The lowest BCUT2D eigenvalue weighted by atomic mass is 10.2. The van der Waals surface area contributed by atoms with Gasteiger partial charge < -0.3 is 10.2 Å². The van der Waals surface area contributed by atoms with Crippen molar-refractivity contribution in [2.24, 2.45) is 0 Å². The van der Waals surface area contributed by atoms with E-state index < -0.39 is 17.8 Å². The van der Waals surface area contributed by atoms with E-state index in [0.29, 0.717) is 0 Å². The summed E-state index contributed by atoms with van der Waals surface area (Å²) in [6.07, 6.45) is 2.02. The summed E-state index contributed by atoms with van der Waals surface area (Å²) in [5.74, 6) is -0.979. The fraction of sp³-hybridized carbons (Fsp3) is 0.429. The molecule has 1 fully saturated rings. The smallest absolute Gasteiger partial charge is 0.252 e. The highest BCUT2D eigenvalue weighted by molar-refractivity contribution is 5.97. The molecule has 2 amide bonds. The largest absolute Gasteiger partial charge is 0.341 e. The van der Waals surface area contributed by atoms with Gasteiger partial charge in [-0.15, -0.1) is 0 Å². The molecule has 0 aromatic heterocycles. The van der Waals surface area contributed by atoms with Gasteiger partial charge >= 0.3 is 0 Å². The van der Waals surface area contributed by atoms with Gasteiger partial charge in [-0.3, -0.25) is 9.59 Å². The standard InChI is InChI=1S/C14H17FN2O2/c1-10(14(19)17-7-2-3-8-17)16-13(18)11-5-4-6-12(15)9-11/h4-6,9-10H,2-3,7-8H2,1H3,(H,16,18)/t10-/m0/s1. The molecular weight excluding hydrogens is 247 g/mol. The molecule has 1 aliphatic rings. The number of hydrogen-bond acceptors (Lipinski definition) is 2. The Balaban J connectivity index is 1.96. The van der Waals surface area contributed by atoms with Crippen LogP contribution in [0.3, 0.4) is 0 Å². The van der Waals surface area contributed by atoms with Crippen LogP contribution in [-0.4, -0.2) is 35.8 Å². The van der Waals surface area contributed by atoms with Crippen LogP contribution in [0, 0.1) is 5.82 Å². The van der Waals surface area contributed by atoms with E-state index in [1.54, 1.807) is 11.8 Å². The number of carbonyl (C=O) groups excluding carboxylic acids is 2. The molecule has 1 aliphatic heterocycles. The van der Waals surface area contributed by atoms with Crippen LogP contribution >= 0.6 is 0 Å². The van der Waals surface area contributed by atoms with Crippen molar-refractivity contribution in [2.45, 2.75) is 25.8 Å². The molecule has 0 radical (unpaired) electrons. The molecule has 1 heterocycles. The molecule has 1 N–H and O–H groups in total. The number of amides is 2. The van der Waals surface area contributed by atoms with Gasteiger partial charge in [-0.1, -0.05) is 6.07 Å². The van der Waals surface area contributed by atoms with Crippen molar-refractivity contribution in [1.29, 1.82) is 0 Å². The lowest BCUT2D eigenvalue weighted by molar-refractivity contribution is -0.131. The Hall–Kier alpha value is -1.91. The van der Waals surface area contributed by atoms with Crippen LogP contribution in [0.15, 0.2) is 24.3 Å². The van der Waals surface area contributed by atoms with Gasteiger partial charge in [-0.2, -0.15) is 0 Å². The highest BCUT2D eigenvalue weighted by atomic mass is 19.1. The summed E-state index contributed by atoms with van der Waals surface area (Å²) >= 11 is 0. The summed E-state index contributed by atoms with van der Waals surface area (Å²) in [6, 6.07) is 4.83. The summed E-state index contributed by atoms with van der Waals surface area (Å²) < 4.78 is 13.0. The third kappa shape index (κ3) is 3.30. The van der Waals surface area contributed by atoms with Gasteiger partial charge in [-0.25, -0.2) is 4.39 Å². The highest BCUT2D eigenvalue weighted by Crippen LogP contribution is 2.09. The van der Waals surface area contributed by atoms with E-state index in [2.05, 4.69) is 5.32 Å². The van der Waals surface area contributed by atoms with E-state index in [0.717, 1.165) is 32.0 Å². The van der Waals surface area contributed by atoms with Crippen molar-refractivity contribution in [3.8, 4) is 0 Å². The maximum atomic E-state index is 13.0. The molecule has 0 saturated carbocycles. The Morgan fingerprint density at radius 2 is 2.00 bits per heavy atom. The second-order valence-corrected chi connectivity index (χ2v) is 4.74.